The van der Waals surface area contributed by atoms with E-state index >= 15 is 0 Å². The molecule has 1 aliphatic heterocycles. The van der Waals surface area contributed by atoms with Crippen LogP contribution in [0.4, 0.5) is 0 Å². The summed E-state index contributed by atoms with van der Waals surface area (Å²) in [6.45, 7) is 10.8. The van der Waals surface area contributed by atoms with Gasteiger partial charge in [-0.25, -0.2) is 9.59 Å². The van der Waals surface area contributed by atoms with Gasteiger partial charge in [0.05, 0.1) is 0 Å². The van der Waals surface area contributed by atoms with Gasteiger partial charge >= 0.3 is 11.9 Å². The second-order valence-corrected chi connectivity index (χ2v) is 8.02. The lowest BCUT2D eigenvalue weighted by Gasteiger charge is -2.42. The van der Waals surface area contributed by atoms with Crippen LogP contribution in [0.25, 0.3) is 0 Å². The Morgan fingerprint density at radius 3 is 2.04 bits per heavy atom. The van der Waals surface area contributed by atoms with Crippen molar-refractivity contribution >= 4 is 11.9 Å². The highest BCUT2D eigenvalue weighted by Gasteiger charge is 2.27. The summed E-state index contributed by atoms with van der Waals surface area (Å²) in [7, 11) is 0. The third-order valence-corrected chi connectivity index (χ3v) is 5.85. The van der Waals surface area contributed by atoms with Crippen molar-refractivity contribution in [2.75, 3.05) is 26.2 Å². The van der Waals surface area contributed by atoms with Gasteiger partial charge in [0.2, 0.25) is 0 Å². The number of piperazine rings is 1. The number of hydrogen-bond acceptors (Lipinski definition) is 4. The average molecular weight is 391 g/mol. The fourth-order valence-electron chi connectivity index (χ4n) is 4.16. The van der Waals surface area contributed by atoms with Crippen molar-refractivity contribution in [2.24, 2.45) is 5.92 Å². The number of hydrogen-bond donors (Lipinski definition) is 2. The van der Waals surface area contributed by atoms with Crippen LogP contribution in [0.5, 0.6) is 0 Å². The Kier molecular flexibility index (Phi) is 8.93. The molecule has 2 unspecified atom stereocenters. The van der Waals surface area contributed by atoms with E-state index in [1.165, 1.54) is 63.0 Å². The molecule has 156 valence electrons. The second-order valence-electron chi connectivity index (χ2n) is 8.02. The molecule has 0 amide bonds. The Bertz CT molecular complexity index is 612. The minimum atomic E-state index is -1.82. The summed E-state index contributed by atoms with van der Waals surface area (Å²) in [5, 5.41) is 14.8. The van der Waals surface area contributed by atoms with Crippen molar-refractivity contribution in [2.45, 2.75) is 58.5 Å². The Labute approximate surface area is 168 Å². The molecule has 0 aromatic heterocycles. The highest BCUT2D eigenvalue weighted by Crippen LogP contribution is 2.28. The third kappa shape index (κ3) is 7.24. The molecule has 1 aromatic carbocycles. The maximum Gasteiger partial charge on any atom is 0.414 e. The average Bonchev–Trinajstić information content (AvgIpc) is 2.69. The number of carbonyl (C=O) groups is 2. The van der Waals surface area contributed by atoms with Crippen molar-refractivity contribution in [3.63, 3.8) is 0 Å². The predicted molar refractivity (Wildman–Crippen MR) is 109 cm³/mol. The minimum Gasteiger partial charge on any atom is -0.473 e. The van der Waals surface area contributed by atoms with E-state index in [1.54, 1.807) is 0 Å². The van der Waals surface area contributed by atoms with Crippen LogP contribution < -0.4 is 0 Å². The van der Waals surface area contributed by atoms with E-state index in [4.69, 9.17) is 19.8 Å². The number of carboxylic acids is 2. The summed E-state index contributed by atoms with van der Waals surface area (Å²) in [5.74, 6) is -2.71. The molecule has 2 N–H and O–H groups in total. The summed E-state index contributed by atoms with van der Waals surface area (Å²) in [4.78, 5) is 23.6. The van der Waals surface area contributed by atoms with E-state index in [0.29, 0.717) is 0 Å². The lowest BCUT2D eigenvalue weighted by atomic mass is 9.86. The second kappa shape index (κ2) is 11.2. The van der Waals surface area contributed by atoms with Gasteiger partial charge in [-0.05, 0) is 36.3 Å². The summed E-state index contributed by atoms with van der Waals surface area (Å²) in [6.07, 6.45) is 6.89. The van der Waals surface area contributed by atoms with E-state index in [1.807, 2.05) is 0 Å². The van der Waals surface area contributed by atoms with Crippen LogP contribution in [0.2, 0.25) is 0 Å². The number of aryl methyl sites for hydroxylation is 1. The molecule has 1 aliphatic carbocycles. The molecule has 0 spiro atoms. The summed E-state index contributed by atoms with van der Waals surface area (Å²) in [6, 6.07) is 10.1. The molecule has 0 bridgehead atoms. The first-order valence-electron chi connectivity index (χ1n) is 10.4. The normalized spacial score (nSPS) is 23.5. The third-order valence-electron chi connectivity index (χ3n) is 5.85. The molecule has 1 saturated carbocycles. The maximum absolute atomic E-state index is 9.10. The van der Waals surface area contributed by atoms with E-state index in [-0.39, 0.29) is 0 Å². The van der Waals surface area contributed by atoms with Gasteiger partial charge in [0.15, 0.2) is 0 Å². The van der Waals surface area contributed by atoms with Gasteiger partial charge in [-0.3, -0.25) is 9.80 Å². The first-order chi connectivity index (χ1) is 13.4. The molecule has 6 nitrogen and oxygen atoms in total. The van der Waals surface area contributed by atoms with Crippen molar-refractivity contribution in [3.05, 3.63) is 35.4 Å². The summed E-state index contributed by atoms with van der Waals surface area (Å²) >= 11 is 0. The Morgan fingerprint density at radius 2 is 1.54 bits per heavy atom. The molecule has 2 fully saturated rings. The van der Waals surface area contributed by atoms with Crippen molar-refractivity contribution in [1.82, 2.24) is 9.80 Å². The van der Waals surface area contributed by atoms with Gasteiger partial charge < -0.3 is 10.2 Å². The molecule has 1 heterocycles. The Morgan fingerprint density at radius 1 is 0.964 bits per heavy atom. The van der Waals surface area contributed by atoms with Gasteiger partial charge in [-0.1, -0.05) is 51.0 Å². The van der Waals surface area contributed by atoms with E-state index in [0.717, 1.165) is 24.9 Å². The van der Waals surface area contributed by atoms with Crippen LogP contribution in [0.1, 0.15) is 50.7 Å². The molecule has 6 heteroatoms. The van der Waals surface area contributed by atoms with Crippen LogP contribution in [0, 0.1) is 5.92 Å². The molecule has 3 rings (SSSR count). The van der Waals surface area contributed by atoms with Crippen molar-refractivity contribution in [1.29, 1.82) is 0 Å². The molecule has 2 aliphatic rings. The molecular weight excluding hydrogens is 356 g/mol. The zero-order valence-electron chi connectivity index (χ0n) is 17.1. The zero-order chi connectivity index (χ0) is 20.5. The topological polar surface area (TPSA) is 81.1 Å². The van der Waals surface area contributed by atoms with Crippen LogP contribution in [0.15, 0.2) is 24.3 Å². The first kappa shape index (κ1) is 22.4. The number of benzene rings is 1. The number of carboxylic acid groups (broad SMARTS) is 2. The zero-order valence-corrected chi connectivity index (χ0v) is 17.1. The predicted octanol–water partition coefficient (Wildman–Crippen LogP) is 3.10. The van der Waals surface area contributed by atoms with Gasteiger partial charge in [-0.15, -0.1) is 0 Å². The monoisotopic (exact) mass is 390 g/mol. The van der Waals surface area contributed by atoms with Crippen LogP contribution in [-0.2, 0) is 22.6 Å². The quantitative estimate of drug-likeness (QED) is 0.769. The molecule has 1 aromatic rings. The SMILES string of the molecule is CCc1ccc(CN2CCN(C3CCCC(C)C3)CC2)cc1.O=C(O)C(=O)O. The Balaban J connectivity index is 0.000000409. The lowest BCUT2D eigenvalue weighted by Crippen LogP contribution is -2.50. The summed E-state index contributed by atoms with van der Waals surface area (Å²) in [5.41, 5.74) is 2.91. The first-order valence-corrected chi connectivity index (χ1v) is 10.4. The standard InChI is InChI=1S/C20H32N2.C2H2O4/c1-3-18-7-9-19(10-8-18)16-21-11-13-22(14-12-21)20-6-4-5-17(2)15-20;3-1(4)2(5)6/h7-10,17,20H,3-6,11-16H2,1-2H3;(H,3,4)(H,5,6). The fraction of sp³-hybridized carbons (Fsp3) is 0.636. The number of aliphatic carboxylic acids is 2. The highest BCUT2D eigenvalue weighted by atomic mass is 16.4. The van der Waals surface area contributed by atoms with Crippen LogP contribution in [-0.4, -0.2) is 64.2 Å². The molecule has 1 saturated heterocycles. The fourth-order valence-corrected chi connectivity index (χ4v) is 4.16. The Hall–Kier alpha value is -1.92. The lowest BCUT2D eigenvalue weighted by molar-refractivity contribution is -0.159. The number of rotatable bonds is 4. The van der Waals surface area contributed by atoms with Crippen LogP contribution >= 0.6 is 0 Å². The van der Waals surface area contributed by atoms with E-state index in [9.17, 15) is 0 Å². The minimum absolute atomic E-state index is 0.870. The van der Waals surface area contributed by atoms with Gasteiger partial charge in [-0.2, -0.15) is 0 Å². The van der Waals surface area contributed by atoms with Gasteiger partial charge in [0.1, 0.15) is 0 Å². The van der Waals surface area contributed by atoms with Crippen LogP contribution in [0.3, 0.4) is 0 Å². The smallest absolute Gasteiger partial charge is 0.414 e. The summed E-state index contributed by atoms with van der Waals surface area (Å²) < 4.78 is 0. The highest BCUT2D eigenvalue weighted by molar-refractivity contribution is 6.27. The van der Waals surface area contributed by atoms with Crippen molar-refractivity contribution < 1.29 is 19.8 Å². The molecule has 2 atom stereocenters. The van der Waals surface area contributed by atoms with E-state index in [2.05, 4.69) is 47.9 Å². The van der Waals surface area contributed by atoms with Gasteiger partial charge in [0, 0.05) is 38.8 Å². The number of nitrogens with zero attached hydrogens (tertiary/aromatic N) is 2. The molecule has 0 radical (unpaired) electrons. The largest absolute Gasteiger partial charge is 0.473 e. The molecular formula is C22H34N2O4. The maximum atomic E-state index is 9.10. The molecule has 28 heavy (non-hydrogen) atoms. The van der Waals surface area contributed by atoms with E-state index < -0.39 is 11.9 Å². The van der Waals surface area contributed by atoms with Gasteiger partial charge in [0.25, 0.3) is 0 Å². The van der Waals surface area contributed by atoms with Crippen molar-refractivity contribution in [3.8, 4) is 0 Å².